The molecular formula is C12H13ClO2. The highest BCUT2D eigenvalue weighted by atomic mass is 35.5. The van der Waals surface area contributed by atoms with Crippen molar-refractivity contribution in [3.05, 3.63) is 22.7 Å². The first-order chi connectivity index (χ1) is 7.22. The molecule has 0 bridgehead atoms. The zero-order valence-corrected chi connectivity index (χ0v) is 9.60. The monoisotopic (exact) mass is 224 g/mol. The van der Waals surface area contributed by atoms with Crippen molar-refractivity contribution in [1.82, 2.24) is 0 Å². The van der Waals surface area contributed by atoms with Gasteiger partial charge in [0.25, 0.3) is 0 Å². The van der Waals surface area contributed by atoms with Gasteiger partial charge in [0.1, 0.15) is 0 Å². The highest BCUT2D eigenvalue weighted by Gasteiger charge is 2.08. The van der Waals surface area contributed by atoms with Gasteiger partial charge in [0, 0.05) is 17.5 Å². The van der Waals surface area contributed by atoms with Crippen LogP contribution < -0.4 is 9.47 Å². The van der Waals surface area contributed by atoms with E-state index in [0.717, 1.165) is 12.0 Å². The van der Waals surface area contributed by atoms with Crippen molar-refractivity contribution >= 4 is 11.6 Å². The van der Waals surface area contributed by atoms with Gasteiger partial charge in [-0.2, -0.15) is 0 Å². The number of hydrogen-bond acceptors (Lipinski definition) is 2. The van der Waals surface area contributed by atoms with E-state index in [0.29, 0.717) is 22.9 Å². The maximum Gasteiger partial charge on any atom is 0.162 e. The molecule has 1 aromatic carbocycles. The first-order valence-electron chi connectivity index (χ1n) is 4.56. The summed E-state index contributed by atoms with van der Waals surface area (Å²) >= 11 is 6.07. The predicted octanol–water partition coefficient (Wildman–Crippen LogP) is 2.92. The number of rotatable bonds is 4. The van der Waals surface area contributed by atoms with Gasteiger partial charge in [-0.25, -0.2) is 0 Å². The van der Waals surface area contributed by atoms with E-state index in [1.165, 1.54) is 0 Å². The molecule has 0 aliphatic heterocycles. The molecule has 0 aromatic heterocycles. The maximum atomic E-state index is 6.07. The first-order valence-corrected chi connectivity index (χ1v) is 4.94. The summed E-state index contributed by atoms with van der Waals surface area (Å²) in [6.07, 6.45) is 6.61. The Morgan fingerprint density at radius 2 is 1.87 bits per heavy atom. The maximum absolute atomic E-state index is 6.07. The van der Waals surface area contributed by atoms with Crippen LogP contribution in [0.15, 0.2) is 12.1 Å². The molecule has 15 heavy (non-hydrogen) atoms. The minimum absolute atomic E-state index is 0.631. The number of methoxy groups -OCH3 is 2. The van der Waals surface area contributed by atoms with Crippen LogP contribution in [0.25, 0.3) is 0 Å². The van der Waals surface area contributed by atoms with E-state index in [-0.39, 0.29) is 0 Å². The zero-order valence-electron chi connectivity index (χ0n) is 8.84. The molecule has 0 amide bonds. The molecule has 2 nitrogen and oxygen atoms in total. The molecule has 0 saturated heterocycles. The summed E-state index contributed by atoms with van der Waals surface area (Å²) in [6, 6.07) is 3.60. The zero-order chi connectivity index (χ0) is 11.3. The van der Waals surface area contributed by atoms with Crippen LogP contribution in [0.4, 0.5) is 0 Å². The summed E-state index contributed by atoms with van der Waals surface area (Å²) in [5.41, 5.74) is 0.979. The van der Waals surface area contributed by atoms with Crippen molar-refractivity contribution < 1.29 is 9.47 Å². The van der Waals surface area contributed by atoms with Gasteiger partial charge in [0.05, 0.1) is 14.2 Å². The minimum atomic E-state index is 0.631. The van der Waals surface area contributed by atoms with E-state index in [2.05, 4.69) is 5.92 Å². The van der Waals surface area contributed by atoms with Crippen LogP contribution in [-0.4, -0.2) is 14.2 Å². The van der Waals surface area contributed by atoms with Gasteiger partial charge in [-0.05, 0) is 18.1 Å². The summed E-state index contributed by atoms with van der Waals surface area (Å²) in [6.45, 7) is 0. The molecule has 0 spiro atoms. The van der Waals surface area contributed by atoms with Crippen LogP contribution >= 0.6 is 11.6 Å². The first kappa shape index (κ1) is 11.7. The Hall–Kier alpha value is -1.33. The van der Waals surface area contributed by atoms with Crippen LogP contribution in [0, 0.1) is 12.3 Å². The molecule has 3 heteroatoms. The summed E-state index contributed by atoms with van der Waals surface area (Å²) in [5.74, 6) is 3.89. The van der Waals surface area contributed by atoms with E-state index in [9.17, 15) is 0 Å². The van der Waals surface area contributed by atoms with E-state index >= 15 is 0 Å². The highest BCUT2D eigenvalue weighted by molar-refractivity contribution is 6.31. The lowest BCUT2D eigenvalue weighted by atomic mass is 10.1. The number of terminal acetylenes is 1. The predicted molar refractivity (Wildman–Crippen MR) is 61.7 cm³/mol. The quantitative estimate of drug-likeness (QED) is 0.733. The standard InChI is InChI=1S/C12H13ClO2/c1-4-5-6-9-7-11(14-2)12(15-3)8-10(9)13/h1,7-8H,5-6H2,2-3H3. The van der Waals surface area contributed by atoms with Gasteiger partial charge < -0.3 is 9.47 Å². The Labute approximate surface area is 95.2 Å². The SMILES string of the molecule is C#CCCc1cc(OC)c(OC)cc1Cl. The summed E-state index contributed by atoms with van der Waals surface area (Å²) < 4.78 is 10.3. The minimum Gasteiger partial charge on any atom is -0.493 e. The summed E-state index contributed by atoms with van der Waals surface area (Å²) in [4.78, 5) is 0. The van der Waals surface area contributed by atoms with Crippen LogP contribution in [0.1, 0.15) is 12.0 Å². The average Bonchev–Trinajstić information content (AvgIpc) is 2.27. The molecule has 0 N–H and O–H groups in total. The fourth-order valence-electron chi connectivity index (χ4n) is 1.29. The molecule has 0 fully saturated rings. The van der Waals surface area contributed by atoms with Crippen molar-refractivity contribution in [2.45, 2.75) is 12.8 Å². The Kier molecular flexibility index (Phi) is 4.33. The normalized spacial score (nSPS) is 9.47. The molecule has 0 saturated carbocycles. The molecular weight excluding hydrogens is 212 g/mol. The van der Waals surface area contributed by atoms with Gasteiger partial charge in [-0.1, -0.05) is 11.6 Å². The molecule has 0 radical (unpaired) electrons. The fraction of sp³-hybridized carbons (Fsp3) is 0.333. The second-order valence-corrected chi connectivity index (χ2v) is 3.41. The van der Waals surface area contributed by atoms with E-state index < -0.39 is 0 Å². The lowest BCUT2D eigenvalue weighted by Crippen LogP contribution is -1.94. The largest absolute Gasteiger partial charge is 0.493 e. The number of ether oxygens (including phenoxy) is 2. The Morgan fingerprint density at radius 1 is 1.27 bits per heavy atom. The number of benzene rings is 1. The van der Waals surface area contributed by atoms with E-state index in [1.807, 2.05) is 6.07 Å². The van der Waals surface area contributed by atoms with Gasteiger partial charge in [-0.15, -0.1) is 12.3 Å². The van der Waals surface area contributed by atoms with Gasteiger partial charge in [0.15, 0.2) is 11.5 Å². The average molecular weight is 225 g/mol. The van der Waals surface area contributed by atoms with Crippen LogP contribution in [0.5, 0.6) is 11.5 Å². The topological polar surface area (TPSA) is 18.5 Å². The Bertz CT molecular complexity index is 380. The van der Waals surface area contributed by atoms with Crippen LogP contribution in [0.2, 0.25) is 5.02 Å². The third kappa shape index (κ3) is 2.81. The van der Waals surface area contributed by atoms with Crippen molar-refractivity contribution in [2.75, 3.05) is 14.2 Å². The summed E-state index contributed by atoms with van der Waals surface area (Å²) in [5, 5.41) is 0.655. The molecule has 0 aliphatic rings. The molecule has 1 rings (SSSR count). The molecule has 0 aliphatic carbocycles. The van der Waals surface area contributed by atoms with Crippen molar-refractivity contribution in [3.63, 3.8) is 0 Å². The summed E-state index contributed by atoms with van der Waals surface area (Å²) in [7, 11) is 3.17. The van der Waals surface area contributed by atoms with Crippen molar-refractivity contribution in [2.24, 2.45) is 0 Å². The van der Waals surface area contributed by atoms with Crippen molar-refractivity contribution in [1.29, 1.82) is 0 Å². The molecule has 80 valence electrons. The van der Waals surface area contributed by atoms with E-state index in [1.54, 1.807) is 20.3 Å². The second kappa shape index (κ2) is 5.53. The second-order valence-electron chi connectivity index (χ2n) is 3.00. The number of aryl methyl sites for hydroxylation is 1. The van der Waals surface area contributed by atoms with Crippen molar-refractivity contribution in [3.8, 4) is 23.8 Å². The van der Waals surface area contributed by atoms with Gasteiger partial charge in [-0.3, -0.25) is 0 Å². The van der Waals surface area contributed by atoms with E-state index in [4.69, 9.17) is 27.5 Å². The Morgan fingerprint density at radius 3 is 2.40 bits per heavy atom. The highest BCUT2D eigenvalue weighted by Crippen LogP contribution is 2.33. The molecule has 0 heterocycles. The number of hydrogen-bond donors (Lipinski definition) is 0. The fourth-order valence-corrected chi connectivity index (χ4v) is 1.54. The third-order valence-corrected chi connectivity index (χ3v) is 2.44. The Balaban J connectivity index is 3.03. The van der Waals surface area contributed by atoms with Crippen LogP contribution in [0.3, 0.4) is 0 Å². The smallest absolute Gasteiger partial charge is 0.162 e. The molecule has 1 aromatic rings. The van der Waals surface area contributed by atoms with Gasteiger partial charge in [0.2, 0.25) is 0 Å². The number of halogens is 1. The van der Waals surface area contributed by atoms with Crippen LogP contribution in [-0.2, 0) is 6.42 Å². The van der Waals surface area contributed by atoms with Gasteiger partial charge >= 0.3 is 0 Å². The molecule has 0 unspecified atom stereocenters. The lowest BCUT2D eigenvalue weighted by Gasteiger charge is -2.10. The third-order valence-electron chi connectivity index (χ3n) is 2.09. The lowest BCUT2D eigenvalue weighted by molar-refractivity contribution is 0.354. The molecule has 0 atom stereocenters.